The lowest BCUT2D eigenvalue weighted by atomic mass is 10.2. The van der Waals surface area contributed by atoms with E-state index in [1.165, 1.54) is 6.92 Å². The van der Waals surface area contributed by atoms with Gasteiger partial charge in [0.2, 0.25) is 5.91 Å². The average Bonchev–Trinajstić information content (AvgIpc) is 2.12. The second-order valence-electron chi connectivity index (χ2n) is 4.35. The first kappa shape index (κ1) is 14.0. The number of rotatable bonds is 3. The minimum absolute atomic E-state index is 0.156. The molecule has 0 saturated heterocycles. The zero-order valence-electron chi connectivity index (χ0n) is 11.0. The number of nitrogens with one attached hydrogen (secondary N) is 2. The summed E-state index contributed by atoms with van der Waals surface area (Å²) in [5.41, 5.74) is 2.16. The summed E-state index contributed by atoms with van der Waals surface area (Å²) in [5.74, 6) is -0.156. The molecule has 1 rings (SSSR count). The first-order valence-electron chi connectivity index (χ1n) is 5.73. The molecule has 1 aromatic carbocycles. The minimum Gasteiger partial charge on any atom is -0.447 e. The van der Waals surface area contributed by atoms with E-state index in [2.05, 4.69) is 10.6 Å². The Hall–Kier alpha value is -2.04. The van der Waals surface area contributed by atoms with E-state index in [0.717, 1.165) is 5.56 Å². The average molecular weight is 250 g/mol. The second-order valence-corrected chi connectivity index (χ2v) is 4.35. The van der Waals surface area contributed by atoms with E-state index in [1.54, 1.807) is 26.0 Å². The molecule has 98 valence electrons. The van der Waals surface area contributed by atoms with Crippen molar-refractivity contribution in [3.63, 3.8) is 0 Å². The largest absolute Gasteiger partial charge is 0.447 e. The van der Waals surface area contributed by atoms with Crippen LogP contribution in [-0.2, 0) is 9.53 Å². The van der Waals surface area contributed by atoms with Crippen LogP contribution < -0.4 is 10.6 Å². The molecule has 0 unspecified atom stereocenters. The highest BCUT2D eigenvalue weighted by molar-refractivity contribution is 5.91. The fourth-order valence-electron chi connectivity index (χ4n) is 1.49. The summed E-state index contributed by atoms with van der Waals surface area (Å²) in [7, 11) is 0. The van der Waals surface area contributed by atoms with Crippen LogP contribution in [0.15, 0.2) is 18.2 Å². The standard InChI is InChI=1S/C13H18N2O3/c1-8(2)18-13(17)15-12-6-9(3)5-11(7-12)14-10(4)16/h5-8H,1-4H3,(H,14,16)(H,15,17). The Labute approximate surface area is 107 Å². The third kappa shape index (κ3) is 4.86. The third-order valence-corrected chi connectivity index (χ3v) is 1.99. The topological polar surface area (TPSA) is 67.4 Å². The summed E-state index contributed by atoms with van der Waals surface area (Å²) in [6.07, 6.45) is -0.686. The fourth-order valence-corrected chi connectivity index (χ4v) is 1.49. The molecule has 0 aliphatic carbocycles. The number of hydrogen-bond donors (Lipinski definition) is 2. The highest BCUT2D eigenvalue weighted by Crippen LogP contribution is 2.19. The summed E-state index contributed by atoms with van der Waals surface area (Å²) in [6.45, 7) is 6.86. The molecule has 2 amide bonds. The Morgan fingerprint density at radius 3 is 2.17 bits per heavy atom. The van der Waals surface area contributed by atoms with Crippen LogP contribution >= 0.6 is 0 Å². The Morgan fingerprint density at radius 2 is 1.67 bits per heavy atom. The maximum Gasteiger partial charge on any atom is 0.411 e. The molecule has 5 heteroatoms. The van der Waals surface area contributed by atoms with E-state index in [4.69, 9.17) is 4.74 Å². The molecule has 5 nitrogen and oxygen atoms in total. The van der Waals surface area contributed by atoms with E-state index >= 15 is 0 Å². The Bertz CT molecular complexity index is 456. The molecular weight excluding hydrogens is 232 g/mol. The number of anilines is 2. The maximum absolute atomic E-state index is 11.4. The number of ether oxygens (including phenoxy) is 1. The number of carbonyl (C=O) groups is 2. The van der Waals surface area contributed by atoms with Crippen LogP contribution in [-0.4, -0.2) is 18.1 Å². The van der Waals surface area contributed by atoms with Gasteiger partial charge < -0.3 is 10.1 Å². The molecule has 0 fully saturated rings. The van der Waals surface area contributed by atoms with Gasteiger partial charge in [-0.25, -0.2) is 4.79 Å². The Morgan fingerprint density at radius 1 is 1.11 bits per heavy atom. The van der Waals surface area contributed by atoms with E-state index in [1.807, 2.05) is 13.0 Å². The predicted octanol–water partition coefficient (Wildman–Crippen LogP) is 2.91. The van der Waals surface area contributed by atoms with Gasteiger partial charge in [0.05, 0.1) is 6.10 Å². The molecule has 0 aliphatic heterocycles. The van der Waals surface area contributed by atoms with Gasteiger partial charge in [-0.05, 0) is 44.5 Å². The lowest BCUT2D eigenvalue weighted by Crippen LogP contribution is -2.18. The normalized spacial score (nSPS) is 10.1. The lowest BCUT2D eigenvalue weighted by Gasteiger charge is -2.11. The van der Waals surface area contributed by atoms with Gasteiger partial charge in [0.15, 0.2) is 0 Å². The zero-order chi connectivity index (χ0) is 13.7. The van der Waals surface area contributed by atoms with Gasteiger partial charge in [-0.2, -0.15) is 0 Å². The summed E-state index contributed by atoms with van der Waals surface area (Å²) in [6, 6.07) is 5.29. The van der Waals surface area contributed by atoms with Crippen molar-refractivity contribution in [1.29, 1.82) is 0 Å². The van der Waals surface area contributed by atoms with E-state index < -0.39 is 6.09 Å². The van der Waals surface area contributed by atoms with Crippen LogP contribution in [0.2, 0.25) is 0 Å². The Kier molecular flexibility index (Phi) is 4.71. The van der Waals surface area contributed by atoms with Crippen molar-refractivity contribution in [2.45, 2.75) is 33.8 Å². The molecular formula is C13H18N2O3. The van der Waals surface area contributed by atoms with Gasteiger partial charge >= 0.3 is 6.09 Å². The SMILES string of the molecule is CC(=O)Nc1cc(C)cc(NC(=O)OC(C)C)c1. The predicted molar refractivity (Wildman–Crippen MR) is 70.7 cm³/mol. The van der Waals surface area contributed by atoms with Gasteiger partial charge in [0, 0.05) is 18.3 Å². The first-order chi connectivity index (χ1) is 8.36. The van der Waals surface area contributed by atoms with Crippen LogP contribution in [0.25, 0.3) is 0 Å². The summed E-state index contributed by atoms with van der Waals surface area (Å²) in [5, 5.41) is 5.28. The van der Waals surface area contributed by atoms with Crippen molar-refractivity contribution in [2.75, 3.05) is 10.6 Å². The fraction of sp³-hybridized carbons (Fsp3) is 0.385. The van der Waals surface area contributed by atoms with Gasteiger partial charge in [-0.3, -0.25) is 10.1 Å². The highest BCUT2D eigenvalue weighted by atomic mass is 16.6. The van der Waals surface area contributed by atoms with Crippen molar-refractivity contribution >= 4 is 23.4 Å². The number of benzene rings is 1. The van der Waals surface area contributed by atoms with Gasteiger partial charge in [0.25, 0.3) is 0 Å². The van der Waals surface area contributed by atoms with Crippen LogP contribution in [0.5, 0.6) is 0 Å². The summed E-state index contributed by atoms with van der Waals surface area (Å²) in [4.78, 5) is 22.4. The molecule has 0 saturated carbocycles. The third-order valence-electron chi connectivity index (χ3n) is 1.99. The van der Waals surface area contributed by atoms with Crippen LogP contribution in [0.4, 0.5) is 16.2 Å². The van der Waals surface area contributed by atoms with Crippen molar-refractivity contribution < 1.29 is 14.3 Å². The van der Waals surface area contributed by atoms with Crippen molar-refractivity contribution in [3.05, 3.63) is 23.8 Å². The molecule has 0 bridgehead atoms. The molecule has 0 aliphatic rings. The van der Waals surface area contributed by atoms with Gasteiger partial charge in [-0.15, -0.1) is 0 Å². The van der Waals surface area contributed by atoms with Gasteiger partial charge in [0.1, 0.15) is 0 Å². The lowest BCUT2D eigenvalue weighted by molar-refractivity contribution is -0.114. The van der Waals surface area contributed by atoms with Gasteiger partial charge in [-0.1, -0.05) is 0 Å². The number of aryl methyl sites for hydroxylation is 1. The summed E-state index contributed by atoms with van der Waals surface area (Å²) >= 11 is 0. The first-order valence-corrected chi connectivity index (χ1v) is 5.73. The molecule has 0 radical (unpaired) electrons. The Balaban J connectivity index is 2.79. The molecule has 2 N–H and O–H groups in total. The minimum atomic E-state index is -0.510. The smallest absolute Gasteiger partial charge is 0.411 e. The zero-order valence-corrected chi connectivity index (χ0v) is 11.0. The monoisotopic (exact) mass is 250 g/mol. The second kappa shape index (κ2) is 6.05. The van der Waals surface area contributed by atoms with Crippen molar-refractivity contribution in [3.8, 4) is 0 Å². The quantitative estimate of drug-likeness (QED) is 0.866. The summed E-state index contributed by atoms with van der Waals surface area (Å²) < 4.78 is 4.98. The molecule has 1 aromatic rings. The van der Waals surface area contributed by atoms with Crippen molar-refractivity contribution in [2.24, 2.45) is 0 Å². The number of amides is 2. The molecule has 0 spiro atoms. The molecule has 0 aromatic heterocycles. The number of hydrogen-bond acceptors (Lipinski definition) is 3. The highest BCUT2D eigenvalue weighted by Gasteiger charge is 2.07. The van der Waals surface area contributed by atoms with Crippen LogP contribution in [0.3, 0.4) is 0 Å². The van der Waals surface area contributed by atoms with E-state index in [9.17, 15) is 9.59 Å². The molecule has 0 atom stereocenters. The molecule has 0 heterocycles. The molecule has 18 heavy (non-hydrogen) atoms. The van der Waals surface area contributed by atoms with E-state index in [-0.39, 0.29) is 12.0 Å². The van der Waals surface area contributed by atoms with Crippen molar-refractivity contribution in [1.82, 2.24) is 0 Å². The van der Waals surface area contributed by atoms with E-state index in [0.29, 0.717) is 11.4 Å². The van der Waals surface area contributed by atoms with Crippen LogP contribution in [0.1, 0.15) is 26.3 Å². The number of carbonyl (C=O) groups excluding carboxylic acids is 2. The maximum atomic E-state index is 11.4. The van der Waals surface area contributed by atoms with Crippen LogP contribution in [0, 0.1) is 6.92 Å².